The first-order valence-electron chi connectivity index (χ1n) is 13.6. The zero-order valence-electron chi connectivity index (χ0n) is 23.6. The molecule has 0 aliphatic carbocycles. The third kappa shape index (κ3) is 4.38. The molecular weight excluding hydrogens is 570 g/mol. The summed E-state index contributed by atoms with van der Waals surface area (Å²) >= 11 is 1.44. The van der Waals surface area contributed by atoms with Crippen molar-refractivity contribution in [3.63, 3.8) is 0 Å². The van der Waals surface area contributed by atoms with Crippen LogP contribution in [0.15, 0.2) is 66.7 Å². The minimum Gasteiger partial charge on any atom is -0.496 e. The highest BCUT2D eigenvalue weighted by Gasteiger charge is 2.30. The van der Waals surface area contributed by atoms with Crippen molar-refractivity contribution in [2.75, 3.05) is 7.11 Å². The lowest BCUT2D eigenvalue weighted by molar-refractivity contribution is -0.129. The maximum atomic E-state index is 15.7. The standard InChI is InChI=1S/C32H26F2N6O2S/c1-5-27(41)39-16-21-13-25(37-40(21)14-17(39)2)31-29(28-23(34)11-20(33)12-26(28)42-4)32-22(8-9-43-32)30(35-31)18-6-7-24-19(10-18)15-38(3)36-24/h5-13,15,17H,1,14,16H2,2-4H3/t17-/m1/s1. The van der Waals surface area contributed by atoms with E-state index >= 15 is 4.39 Å². The van der Waals surface area contributed by atoms with E-state index in [4.69, 9.17) is 14.8 Å². The molecule has 0 spiro atoms. The fraction of sp³-hybridized carbons (Fsp3) is 0.188. The number of carbonyl (C=O) groups excluding carboxylic acids is 1. The molecule has 7 rings (SSSR count). The molecule has 8 nitrogen and oxygen atoms in total. The number of methoxy groups -OCH3 is 1. The van der Waals surface area contributed by atoms with Gasteiger partial charge >= 0.3 is 0 Å². The van der Waals surface area contributed by atoms with Crippen molar-refractivity contribution in [1.82, 2.24) is 29.4 Å². The Hall–Kier alpha value is -4.90. The summed E-state index contributed by atoms with van der Waals surface area (Å²) in [6.45, 7) is 6.41. The molecule has 1 aliphatic rings. The van der Waals surface area contributed by atoms with Gasteiger partial charge in [-0.05, 0) is 42.6 Å². The number of hydrogen-bond acceptors (Lipinski definition) is 6. The monoisotopic (exact) mass is 596 g/mol. The predicted molar refractivity (Wildman–Crippen MR) is 163 cm³/mol. The molecule has 0 N–H and O–H groups in total. The molecule has 0 fully saturated rings. The average Bonchev–Trinajstić information content (AvgIpc) is 3.72. The number of aryl methyl sites for hydroxylation is 1. The van der Waals surface area contributed by atoms with E-state index in [9.17, 15) is 9.18 Å². The first-order valence-corrected chi connectivity index (χ1v) is 14.5. The summed E-state index contributed by atoms with van der Waals surface area (Å²) in [5.41, 5.74) is 4.74. The quantitative estimate of drug-likeness (QED) is 0.210. The van der Waals surface area contributed by atoms with Gasteiger partial charge in [-0.3, -0.25) is 14.2 Å². The van der Waals surface area contributed by atoms with Crippen LogP contribution in [0.2, 0.25) is 0 Å². The Morgan fingerprint density at radius 1 is 1.12 bits per heavy atom. The molecule has 0 saturated carbocycles. The fourth-order valence-electron chi connectivity index (χ4n) is 5.86. The number of amides is 1. The number of benzene rings is 2. The molecule has 1 amide bonds. The number of rotatable bonds is 5. The smallest absolute Gasteiger partial charge is 0.246 e. The van der Waals surface area contributed by atoms with Gasteiger partial charge in [0.2, 0.25) is 5.91 Å². The van der Waals surface area contributed by atoms with Crippen LogP contribution in [-0.2, 0) is 24.9 Å². The Morgan fingerprint density at radius 3 is 2.74 bits per heavy atom. The molecule has 11 heteroatoms. The van der Waals surface area contributed by atoms with Crippen molar-refractivity contribution in [3.05, 3.63) is 84.0 Å². The molecule has 0 radical (unpaired) electrons. The van der Waals surface area contributed by atoms with Gasteiger partial charge in [0.1, 0.15) is 28.8 Å². The lowest BCUT2D eigenvalue weighted by Gasteiger charge is -2.33. The first kappa shape index (κ1) is 27.0. The fourth-order valence-corrected chi connectivity index (χ4v) is 6.81. The second-order valence-electron chi connectivity index (χ2n) is 10.6. The van der Waals surface area contributed by atoms with E-state index in [0.717, 1.165) is 38.3 Å². The second-order valence-corrected chi connectivity index (χ2v) is 11.5. The highest BCUT2D eigenvalue weighted by Crippen LogP contribution is 2.47. The van der Waals surface area contributed by atoms with Gasteiger partial charge in [-0.25, -0.2) is 13.8 Å². The number of nitrogens with zero attached hydrogens (tertiary/aromatic N) is 6. The van der Waals surface area contributed by atoms with Crippen LogP contribution < -0.4 is 4.74 Å². The van der Waals surface area contributed by atoms with Crippen molar-refractivity contribution < 1.29 is 18.3 Å². The average molecular weight is 597 g/mol. The summed E-state index contributed by atoms with van der Waals surface area (Å²) in [5, 5.41) is 13.1. The number of hydrogen-bond donors (Lipinski definition) is 0. The normalized spacial score (nSPS) is 14.8. The van der Waals surface area contributed by atoms with Crippen LogP contribution >= 0.6 is 11.3 Å². The summed E-state index contributed by atoms with van der Waals surface area (Å²) in [6, 6.07) is 11.7. The van der Waals surface area contributed by atoms with E-state index in [0.29, 0.717) is 35.7 Å². The van der Waals surface area contributed by atoms with Crippen molar-refractivity contribution in [2.45, 2.75) is 26.1 Å². The Labute approximate surface area is 249 Å². The number of ether oxygens (including phenoxy) is 1. The number of carbonyl (C=O) groups is 1. The first-order chi connectivity index (χ1) is 20.7. The number of pyridine rings is 1. The van der Waals surface area contributed by atoms with Crippen molar-refractivity contribution in [2.24, 2.45) is 7.05 Å². The molecule has 216 valence electrons. The molecule has 0 saturated heterocycles. The molecule has 0 unspecified atom stereocenters. The van der Waals surface area contributed by atoms with E-state index in [2.05, 4.69) is 11.7 Å². The SMILES string of the molecule is C=CC(=O)N1Cc2cc(-c3nc(-c4ccc5nn(C)cc5c4)c4ccsc4c3-c3c(F)cc(F)cc3OC)nn2C[C@H]1C. The van der Waals surface area contributed by atoms with Gasteiger partial charge in [0, 0.05) is 58.0 Å². The van der Waals surface area contributed by atoms with Crippen LogP contribution in [0, 0.1) is 11.6 Å². The third-order valence-electron chi connectivity index (χ3n) is 7.85. The van der Waals surface area contributed by atoms with E-state index in [1.165, 1.54) is 30.6 Å². The summed E-state index contributed by atoms with van der Waals surface area (Å²) in [6.07, 6.45) is 3.25. The zero-order chi connectivity index (χ0) is 30.0. The lowest BCUT2D eigenvalue weighted by Crippen LogP contribution is -2.44. The molecule has 6 aromatic rings. The Bertz CT molecular complexity index is 2090. The molecule has 1 atom stereocenters. The Kier molecular flexibility index (Phi) is 6.35. The van der Waals surface area contributed by atoms with Crippen LogP contribution in [0.5, 0.6) is 5.75 Å². The van der Waals surface area contributed by atoms with Gasteiger partial charge < -0.3 is 9.64 Å². The highest BCUT2D eigenvalue weighted by atomic mass is 32.1. The molecule has 1 aliphatic heterocycles. The van der Waals surface area contributed by atoms with E-state index in [-0.39, 0.29) is 23.3 Å². The highest BCUT2D eigenvalue weighted by molar-refractivity contribution is 7.18. The van der Waals surface area contributed by atoms with Crippen molar-refractivity contribution in [1.29, 1.82) is 0 Å². The summed E-state index contributed by atoms with van der Waals surface area (Å²) in [5.74, 6) is -1.61. The minimum absolute atomic E-state index is 0.0557. The predicted octanol–water partition coefficient (Wildman–Crippen LogP) is 6.58. The van der Waals surface area contributed by atoms with Crippen LogP contribution in [0.25, 0.3) is 54.8 Å². The lowest BCUT2D eigenvalue weighted by atomic mass is 9.96. The van der Waals surface area contributed by atoms with Gasteiger partial charge in [-0.2, -0.15) is 10.2 Å². The zero-order valence-corrected chi connectivity index (χ0v) is 24.5. The van der Waals surface area contributed by atoms with Crippen LogP contribution in [0.1, 0.15) is 12.6 Å². The Balaban J connectivity index is 1.51. The van der Waals surface area contributed by atoms with Crippen molar-refractivity contribution >= 4 is 38.2 Å². The third-order valence-corrected chi connectivity index (χ3v) is 8.79. The molecule has 4 aromatic heterocycles. The number of fused-ring (bicyclic) bond motifs is 3. The van der Waals surface area contributed by atoms with Gasteiger partial charge in [0.15, 0.2) is 0 Å². The van der Waals surface area contributed by atoms with Gasteiger partial charge in [0.25, 0.3) is 0 Å². The van der Waals surface area contributed by atoms with Gasteiger partial charge in [-0.15, -0.1) is 11.3 Å². The van der Waals surface area contributed by atoms with Crippen LogP contribution in [0.4, 0.5) is 8.78 Å². The molecular formula is C32H26F2N6O2S. The maximum absolute atomic E-state index is 15.7. The largest absolute Gasteiger partial charge is 0.496 e. The van der Waals surface area contributed by atoms with Gasteiger partial charge in [0.05, 0.1) is 42.7 Å². The molecule has 0 bridgehead atoms. The van der Waals surface area contributed by atoms with E-state index in [1.807, 2.05) is 60.6 Å². The second kappa shape index (κ2) is 10.1. The van der Waals surface area contributed by atoms with E-state index in [1.54, 1.807) is 9.58 Å². The molecule has 43 heavy (non-hydrogen) atoms. The molecule has 2 aromatic carbocycles. The number of aromatic nitrogens is 5. The van der Waals surface area contributed by atoms with Crippen molar-refractivity contribution in [3.8, 4) is 39.5 Å². The Morgan fingerprint density at radius 2 is 1.95 bits per heavy atom. The van der Waals surface area contributed by atoms with Gasteiger partial charge in [-0.1, -0.05) is 12.6 Å². The maximum Gasteiger partial charge on any atom is 0.246 e. The molecule has 5 heterocycles. The van der Waals surface area contributed by atoms with E-state index < -0.39 is 11.6 Å². The van der Waals surface area contributed by atoms with Crippen LogP contribution in [0.3, 0.4) is 0 Å². The van der Waals surface area contributed by atoms with Crippen LogP contribution in [-0.4, -0.2) is 48.5 Å². The summed E-state index contributed by atoms with van der Waals surface area (Å²) < 4.78 is 40.0. The minimum atomic E-state index is -0.764. The summed E-state index contributed by atoms with van der Waals surface area (Å²) in [7, 11) is 3.26. The topological polar surface area (TPSA) is 78.1 Å². The number of halogens is 2. The number of thiophene rings is 1. The summed E-state index contributed by atoms with van der Waals surface area (Å²) in [4.78, 5) is 19.4.